The summed E-state index contributed by atoms with van der Waals surface area (Å²) in [4.78, 5) is 14.3. The number of carbonyl (C=O) groups excluding carboxylic acids is 1. The Bertz CT molecular complexity index is 485. The summed E-state index contributed by atoms with van der Waals surface area (Å²) in [7, 11) is 0. The van der Waals surface area contributed by atoms with Gasteiger partial charge in [-0.3, -0.25) is 4.79 Å². The monoisotopic (exact) mass is 275 g/mol. The van der Waals surface area contributed by atoms with Crippen LogP contribution in [-0.2, 0) is 4.79 Å². The predicted octanol–water partition coefficient (Wildman–Crippen LogP) is 3.24. The van der Waals surface area contributed by atoms with Crippen molar-refractivity contribution in [2.75, 3.05) is 29.0 Å². The molecule has 4 heteroatoms. The van der Waals surface area contributed by atoms with Crippen molar-refractivity contribution in [1.82, 2.24) is 0 Å². The first-order valence-corrected chi connectivity index (χ1v) is 7.34. The van der Waals surface area contributed by atoms with Crippen LogP contribution in [0.2, 0.25) is 0 Å². The zero-order chi connectivity index (χ0) is 14.8. The Morgan fingerprint density at radius 3 is 2.40 bits per heavy atom. The summed E-state index contributed by atoms with van der Waals surface area (Å²) >= 11 is 0. The van der Waals surface area contributed by atoms with Gasteiger partial charge in [0.1, 0.15) is 0 Å². The second-order valence-corrected chi connectivity index (χ2v) is 6.53. The molecule has 0 bridgehead atoms. The average molecular weight is 275 g/mol. The number of anilines is 3. The Labute approximate surface area is 121 Å². The summed E-state index contributed by atoms with van der Waals surface area (Å²) in [5.41, 5.74) is 8.33. The molecule has 0 atom stereocenters. The van der Waals surface area contributed by atoms with E-state index in [1.165, 1.54) is 19.3 Å². The van der Waals surface area contributed by atoms with Gasteiger partial charge in [0.15, 0.2) is 0 Å². The molecule has 110 valence electrons. The summed E-state index contributed by atoms with van der Waals surface area (Å²) in [6.45, 7) is 7.82. The van der Waals surface area contributed by atoms with E-state index in [9.17, 15) is 4.79 Å². The minimum absolute atomic E-state index is 0.00243. The summed E-state index contributed by atoms with van der Waals surface area (Å²) in [6.07, 6.45) is 3.75. The van der Waals surface area contributed by atoms with E-state index in [1.54, 1.807) is 0 Å². The van der Waals surface area contributed by atoms with E-state index in [1.807, 2.05) is 39.0 Å². The maximum atomic E-state index is 12.0. The molecule has 2 rings (SSSR count). The Balaban J connectivity index is 2.11. The van der Waals surface area contributed by atoms with Crippen molar-refractivity contribution in [1.29, 1.82) is 0 Å². The maximum Gasteiger partial charge on any atom is 0.229 e. The first-order valence-electron chi connectivity index (χ1n) is 7.34. The molecule has 4 nitrogen and oxygen atoms in total. The van der Waals surface area contributed by atoms with Crippen molar-refractivity contribution < 1.29 is 4.79 Å². The average Bonchev–Trinajstić information content (AvgIpc) is 2.38. The molecule has 1 aliphatic heterocycles. The molecule has 0 aromatic heterocycles. The molecule has 20 heavy (non-hydrogen) atoms. The van der Waals surface area contributed by atoms with E-state index in [0.717, 1.165) is 30.2 Å². The van der Waals surface area contributed by atoms with Gasteiger partial charge in [0.25, 0.3) is 0 Å². The summed E-state index contributed by atoms with van der Waals surface area (Å²) in [5.74, 6) is 0.00243. The topological polar surface area (TPSA) is 58.4 Å². The van der Waals surface area contributed by atoms with Gasteiger partial charge in [-0.15, -0.1) is 0 Å². The number of rotatable bonds is 2. The van der Waals surface area contributed by atoms with E-state index in [-0.39, 0.29) is 5.91 Å². The fourth-order valence-corrected chi connectivity index (χ4v) is 2.37. The van der Waals surface area contributed by atoms with Gasteiger partial charge in [-0.05, 0) is 37.5 Å². The van der Waals surface area contributed by atoms with Crippen molar-refractivity contribution in [3.63, 3.8) is 0 Å². The Kier molecular flexibility index (Phi) is 4.21. The number of benzene rings is 1. The molecular formula is C16H25N3O. The molecule has 0 saturated carbocycles. The van der Waals surface area contributed by atoms with Gasteiger partial charge in [0.2, 0.25) is 5.91 Å². The largest absolute Gasteiger partial charge is 0.397 e. The number of nitrogens with zero attached hydrogens (tertiary/aromatic N) is 1. The SMILES string of the molecule is CC(C)(C)C(=O)Nc1ccc(N2CCCCC2)c(N)c1. The van der Waals surface area contributed by atoms with E-state index < -0.39 is 5.41 Å². The molecule has 1 saturated heterocycles. The molecular weight excluding hydrogens is 250 g/mol. The van der Waals surface area contributed by atoms with Crippen molar-refractivity contribution in [3.05, 3.63) is 18.2 Å². The van der Waals surface area contributed by atoms with E-state index in [4.69, 9.17) is 5.73 Å². The lowest BCUT2D eigenvalue weighted by Gasteiger charge is -2.30. The Morgan fingerprint density at radius 2 is 1.85 bits per heavy atom. The van der Waals surface area contributed by atoms with Gasteiger partial charge < -0.3 is 16.0 Å². The molecule has 1 aromatic rings. The van der Waals surface area contributed by atoms with Crippen molar-refractivity contribution in [3.8, 4) is 0 Å². The van der Waals surface area contributed by atoms with Gasteiger partial charge in [0.05, 0.1) is 11.4 Å². The van der Waals surface area contributed by atoms with E-state index in [2.05, 4.69) is 10.2 Å². The number of piperidine rings is 1. The van der Waals surface area contributed by atoms with Crippen LogP contribution in [0, 0.1) is 5.41 Å². The summed E-state index contributed by atoms with van der Waals surface area (Å²) in [6, 6.07) is 5.80. The molecule has 0 radical (unpaired) electrons. The molecule has 1 fully saturated rings. The molecule has 0 spiro atoms. The summed E-state index contributed by atoms with van der Waals surface area (Å²) < 4.78 is 0. The minimum atomic E-state index is -0.402. The number of hydrogen-bond acceptors (Lipinski definition) is 3. The van der Waals surface area contributed by atoms with Crippen LogP contribution in [0.3, 0.4) is 0 Å². The number of hydrogen-bond donors (Lipinski definition) is 2. The van der Waals surface area contributed by atoms with E-state index >= 15 is 0 Å². The molecule has 0 unspecified atom stereocenters. The van der Waals surface area contributed by atoms with Crippen molar-refractivity contribution in [2.24, 2.45) is 5.41 Å². The fourth-order valence-electron chi connectivity index (χ4n) is 2.37. The number of nitrogens with one attached hydrogen (secondary N) is 1. The fraction of sp³-hybridized carbons (Fsp3) is 0.562. The third-order valence-corrected chi connectivity index (χ3v) is 3.66. The zero-order valence-corrected chi connectivity index (χ0v) is 12.7. The third kappa shape index (κ3) is 3.44. The highest BCUT2D eigenvalue weighted by Crippen LogP contribution is 2.29. The molecule has 1 aliphatic rings. The molecule has 1 heterocycles. The Morgan fingerprint density at radius 1 is 1.20 bits per heavy atom. The predicted molar refractivity (Wildman–Crippen MR) is 85.0 cm³/mol. The van der Waals surface area contributed by atoms with Crippen LogP contribution in [0.1, 0.15) is 40.0 Å². The Hall–Kier alpha value is -1.71. The smallest absolute Gasteiger partial charge is 0.229 e. The number of nitrogen functional groups attached to an aromatic ring is 1. The lowest BCUT2D eigenvalue weighted by atomic mass is 9.95. The van der Waals surface area contributed by atoms with Crippen LogP contribution in [0.25, 0.3) is 0 Å². The summed E-state index contributed by atoms with van der Waals surface area (Å²) in [5, 5.41) is 2.92. The minimum Gasteiger partial charge on any atom is -0.397 e. The van der Waals surface area contributed by atoms with E-state index in [0.29, 0.717) is 0 Å². The highest BCUT2D eigenvalue weighted by atomic mass is 16.2. The molecule has 1 aromatic carbocycles. The number of carbonyl (C=O) groups is 1. The number of amides is 1. The number of nitrogens with two attached hydrogens (primary N) is 1. The molecule has 3 N–H and O–H groups in total. The quantitative estimate of drug-likeness (QED) is 0.815. The van der Waals surface area contributed by atoms with Crippen LogP contribution in [0.5, 0.6) is 0 Å². The lowest BCUT2D eigenvalue weighted by Crippen LogP contribution is -2.30. The van der Waals surface area contributed by atoms with Crippen LogP contribution < -0.4 is 16.0 Å². The highest BCUT2D eigenvalue weighted by Gasteiger charge is 2.21. The highest BCUT2D eigenvalue weighted by molar-refractivity contribution is 5.95. The molecule has 0 aliphatic carbocycles. The van der Waals surface area contributed by atoms with Gasteiger partial charge in [-0.2, -0.15) is 0 Å². The van der Waals surface area contributed by atoms with Crippen LogP contribution in [0.4, 0.5) is 17.1 Å². The van der Waals surface area contributed by atoms with Crippen LogP contribution in [0.15, 0.2) is 18.2 Å². The zero-order valence-electron chi connectivity index (χ0n) is 12.7. The third-order valence-electron chi connectivity index (χ3n) is 3.66. The lowest BCUT2D eigenvalue weighted by molar-refractivity contribution is -0.123. The maximum absolute atomic E-state index is 12.0. The van der Waals surface area contributed by atoms with Crippen LogP contribution >= 0.6 is 0 Å². The normalized spacial score (nSPS) is 16.1. The van der Waals surface area contributed by atoms with Gasteiger partial charge in [0, 0.05) is 24.2 Å². The van der Waals surface area contributed by atoms with Gasteiger partial charge in [-0.25, -0.2) is 0 Å². The second kappa shape index (κ2) is 5.73. The van der Waals surface area contributed by atoms with Crippen molar-refractivity contribution >= 4 is 23.0 Å². The standard InChI is InChI=1S/C16H25N3O/c1-16(2,3)15(20)18-12-7-8-14(13(17)11-12)19-9-5-4-6-10-19/h7-8,11H,4-6,9-10,17H2,1-3H3,(H,18,20). The van der Waals surface area contributed by atoms with Gasteiger partial charge in [-0.1, -0.05) is 20.8 Å². The van der Waals surface area contributed by atoms with Gasteiger partial charge >= 0.3 is 0 Å². The second-order valence-electron chi connectivity index (χ2n) is 6.53. The van der Waals surface area contributed by atoms with Crippen molar-refractivity contribution in [2.45, 2.75) is 40.0 Å². The van der Waals surface area contributed by atoms with Crippen LogP contribution in [-0.4, -0.2) is 19.0 Å². The molecule has 1 amide bonds. The first-order chi connectivity index (χ1) is 9.38. The first kappa shape index (κ1) is 14.7.